The summed E-state index contributed by atoms with van der Waals surface area (Å²) in [4.78, 5) is 7.09. The molecule has 1 atom stereocenters. The molecule has 0 amide bonds. The van der Waals surface area contributed by atoms with Crippen LogP contribution in [0.15, 0.2) is 41.9 Å². The quantitative estimate of drug-likeness (QED) is 0.279. The van der Waals surface area contributed by atoms with E-state index in [-0.39, 0.29) is 24.0 Å². The molecule has 2 heterocycles. The molecule has 0 saturated carbocycles. The third-order valence-corrected chi connectivity index (χ3v) is 4.90. The van der Waals surface area contributed by atoms with Gasteiger partial charge in [0, 0.05) is 38.4 Å². The van der Waals surface area contributed by atoms with E-state index in [0.29, 0.717) is 19.1 Å². The van der Waals surface area contributed by atoms with E-state index in [1.165, 1.54) is 11.3 Å². The van der Waals surface area contributed by atoms with Crippen molar-refractivity contribution in [1.29, 1.82) is 0 Å². The van der Waals surface area contributed by atoms with Crippen molar-refractivity contribution in [2.75, 3.05) is 24.5 Å². The molecular weight excluding hydrogens is 465 g/mol. The topological polar surface area (TPSA) is 70.4 Å². The van der Waals surface area contributed by atoms with E-state index < -0.39 is 0 Å². The zero-order valence-electron chi connectivity index (χ0n) is 16.9. The SMILES string of the molecule is C=CCNC(=NCc1nnc(C)n1C)NC1CCN(c2ccc(C)cc2)C1.I. The Hall–Kier alpha value is -2.10. The Labute approximate surface area is 184 Å². The van der Waals surface area contributed by atoms with Crippen molar-refractivity contribution >= 4 is 35.6 Å². The number of benzene rings is 1. The number of guanidine groups is 1. The highest BCUT2D eigenvalue weighted by Gasteiger charge is 2.23. The van der Waals surface area contributed by atoms with E-state index in [0.717, 1.165) is 37.1 Å². The first-order chi connectivity index (χ1) is 13.1. The second kappa shape index (κ2) is 10.4. The average molecular weight is 495 g/mol. The summed E-state index contributed by atoms with van der Waals surface area (Å²) in [7, 11) is 1.96. The largest absolute Gasteiger partial charge is 0.369 e. The summed E-state index contributed by atoms with van der Waals surface area (Å²) in [5.41, 5.74) is 2.56. The summed E-state index contributed by atoms with van der Waals surface area (Å²) >= 11 is 0. The van der Waals surface area contributed by atoms with Crippen LogP contribution in [0.5, 0.6) is 0 Å². The van der Waals surface area contributed by atoms with E-state index in [1.54, 1.807) is 0 Å². The summed E-state index contributed by atoms with van der Waals surface area (Å²) in [6.45, 7) is 11.0. The maximum Gasteiger partial charge on any atom is 0.192 e. The van der Waals surface area contributed by atoms with Crippen LogP contribution in [0.25, 0.3) is 0 Å². The van der Waals surface area contributed by atoms with Crippen molar-refractivity contribution in [1.82, 2.24) is 25.4 Å². The minimum atomic E-state index is 0. The van der Waals surface area contributed by atoms with Crippen LogP contribution in [0.4, 0.5) is 5.69 Å². The summed E-state index contributed by atoms with van der Waals surface area (Å²) in [6, 6.07) is 9.07. The number of hydrogen-bond donors (Lipinski definition) is 2. The second-order valence-electron chi connectivity index (χ2n) is 6.97. The molecule has 28 heavy (non-hydrogen) atoms. The second-order valence-corrected chi connectivity index (χ2v) is 6.97. The van der Waals surface area contributed by atoms with Crippen molar-refractivity contribution in [2.45, 2.75) is 32.9 Å². The van der Waals surface area contributed by atoms with E-state index in [4.69, 9.17) is 0 Å². The number of nitrogens with one attached hydrogen (secondary N) is 2. The van der Waals surface area contributed by atoms with Crippen LogP contribution in [-0.2, 0) is 13.6 Å². The molecule has 1 aliphatic rings. The van der Waals surface area contributed by atoms with Gasteiger partial charge < -0.3 is 20.1 Å². The number of aryl methyl sites for hydroxylation is 2. The first-order valence-electron chi connectivity index (χ1n) is 9.39. The van der Waals surface area contributed by atoms with Crippen LogP contribution in [0.1, 0.15) is 23.6 Å². The van der Waals surface area contributed by atoms with Gasteiger partial charge >= 0.3 is 0 Å². The van der Waals surface area contributed by atoms with Crippen LogP contribution in [0.2, 0.25) is 0 Å². The van der Waals surface area contributed by atoms with Crippen LogP contribution in [0.3, 0.4) is 0 Å². The number of rotatable bonds is 6. The summed E-state index contributed by atoms with van der Waals surface area (Å²) < 4.78 is 1.96. The van der Waals surface area contributed by atoms with Crippen LogP contribution < -0.4 is 15.5 Å². The highest BCUT2D eigenvalue weighted by atomic mass is 127. The molecule has 8 heteroatoms. The van der Waals surface area contributed by atoms with Crippen LogP contribution in [0, 0.1) is 13.8 Å². The maximum atomic E-state index is 4.68. The fraction of sp³-hybridized carbons (Fsp3) is 0.450. The number of aliphatic imine (C=N–C) groups is 1. The molecule has 0 bridgehead atoms. The van der Waals surface area contributed by atoms with Crippen molar-refractivity contribution in [3.63, 3.8) is 0 Å². The van der Waals surface area contributed by atoms with Crippen LogP contribution >= 0.6 is 24.0 Å². The lowest BCUT2D eigenvalue weighted by atomic mass is 10.2. The van der Waals surface area contributed by atoms with Crippen molar-refractivity contribution < 1.29 is 0 Å². The Balaban J connectivity index is 0.00000280. The Kier molecular flexibility index (Phi) is 8.28. The monoisotopic (exact) mass is 495 g/mol. The first kappa shape index (κ1) is 22.2. The van der Waals surface area contributed by atoms with Gasteiger partial charge in [0.25, 0.3) is 0 Å². The Morgan fingerprint density at radius 3 is 2.68 bits per heavy atom. The van der Waals surface area contributed by atoms with Gasteiger partial charge in [-0.15, -0.1) is 40.8 Å². The lowest BCUT2D eigenvalue weighted by Gasteiger charge is -2.20. The number of nitrogens with zero attached hydrogens (tertiary/aromatic N) is 5. The standard InChI is InChI=1S/C20H29N7.HI/c1-5-11-21-20(22-13-19-25-24-16(3)26(19)4)23-17-10-12-27(14-17)18-8-6-15(2)7-9-18;/h5-9,17H,1,10-14H2,2-4H3,(H2,21,22,23);1H. The molecule has 3 rings (SSSR count). The van der Waals surface area contributed by atoms with Crippen molar-refractivity contribution in [3.05, 3.63) is 54.1 Å². The highest BCUT2D eigenvalue weighted by Crippen LogP contribution is 2.20. The number of halogens is 1. The molecule has 1 aromatic heterocycles. The lowest BCUT2D eigenvalue weighted by molar-refractivity contribution is 0.649. The highest BCUT2D eigenvalue weighted by molar-refractivity contribution is 14.0. The van der Waals surface area contributed by atoms with Gasteiger partial charge in [-0.25, -0.2) is 4.99 Å². The molecule has 1 fully saturated rings. The van der Waals surface area contributed by atoms with Gasteiger partial charge in [-0.05, 0) is 32.4 Å². The molecule has 1 aliphatic heterocycles. The van der Waals surface area contributed by atoms with Gasteiger partial charge in [-0.1, -0.05) is 23.8 Å². The fourth-order valence-electron chi connectivity index (χ4n) is 3.12. The van der Waals surface area contributed by atoms with Crippen LogP contribution in [-0.4, -0.2) is 46.4 Å². The Morgan fingerprint density at radius 1 is 1.29 bits per heavy atom. The summed E-state index contributed by atoms with van der Waals surface area (Å²) in [5, 5.41) is 15.1. The number of hydrogen-bond acceptors (Lipinski definition) is 4. The molecule has 0 aliphatic carbocycles. The molecule has 0 spiro atoms. The number of anilines is 1. The van der Waals surface area contributed by atoms with E-state index in [9.17, 15) is 0 Å². The lowest BCUT2D eigenvalue weighted by Crippen LogP contribution is -2.44. The minimum Gasteiger partial charge on any atom is -0.369 e. The van der Waals surface area contributed by atoms with Gasteiger partial charge in [0.2, 0.25) is 0 Å². The average Bonchev–Trinajstić information content (AvgIpc) is 3.26. The molecule has 2 aromatic rings. The molecule has 1 saturated heterocycles. The summed E-state index contributed by atoms with van der Waals surface area (Å²) in [5.74, 6) is 2.52. The van der Waals surface area contributed by atoms with Gasteiger partial charge in [0.1, 0.15) is 12.4 Å². The molecular formula is C20H30IN7. The molecule has 7 nitrogen and oxygen atoms in total. The fourth-order valence-corrected chi connectivity index (χ4v) is 3.12. The zero-order valence-corrected chi connectivity index (χ0v) is 19.2. The Morgan fingerprint density at radius 2 is 2.04 bits per heavy atom. The predicted molar refractivity (Wildman–Crippen MR) is 125 cm³/mol. The normalized spacial score (nSPS) is 16.6. The maximum absolute atomic E-state index is 4.68. The summed E-state index contributed by atoms with van der Waals surface area (Å²) in [6.07, 6.45) is 2.91. The molecule has 0 radical (unpaired) electrons. The van der Waals surface area contributed by atoms with Gasteiger partial charge in [0.15, 0.2) is 11.8 Å². The van der Waals surface area contributed by atoms with E-state index in [1.807, 2.05) is 24.6 Å². The van der Waals surface area contributed by atoms with E-state index in [2.05, 4.69) is 68.5 Å². The molecule has 152 valence electrons. The molecule has 1 aromatic carbocycles. The zero-order chi connectivity index (χ0) is 19.2. The number of aromatic nitrogens is 3. The first-order valence-corrected chi connectivity index (χ1v) is 9.39. The third kappa shape index (κ3) is 5.70. The third-order valence-electron chi connectivity index (χ3n) is 4.90. The van der Waals surface area contributed by atoms with Crippen molar-refractivity contribution in [3.8, 4) is 0 Å². The van der Waals surface area contributed by atoms with E-state index >= 15 is 0 Å². The van der Waals surface area contributed by atoms with Gasteiger partial charge in [0.05, 0.1) is 0 Å². The van der Waals surface area contributed by atoms with Gasteiger partial charge in [-0.3, -0.25) is 0 Å². The van der Waals surface area contributed by atoms with Crippen molar-refractivity contribution in [2.24, 2.45) is 12.0 Å². The Bertz CT molecular complexity index is 797. The van der Waals surface area contributed by atoms with Gasteiger partial charge in [-0.2, -0.15) is 0 Å². The molecule has 2 N–H and O–H groups in total. The molecule has 1 unspecified atom stereocenters. The predicted octanol–water partition coefficient (Wildman–Crippen LogP) is 2.55. The smallest absolute Gasteiger partial charge is 0.192 e. The minimum absolute atomic E-state index is 0.